The van der Waals surface area contributed by atoms with E-state index in [4.69, 9.17) is 22.1 Å². The third kappa shape index (κ3) is 2.99. The molecule has 1 atom stereocenters. The number of anilines is 1. The molecule has 0 bridgehead atoms. The van der Waals surface area contributed by atoms with E-state index >= 15 is 0 Å². The van der Waals surface area contributed by atoms with Crippen molar-refractivity contribution in [1.82, 2.24) is 0 Å². The van der Waals surface area contributed by atoms with Gasteiger partial charge in [0.05, 0.1) is 18.3 Å². The summed E-state index contributed by atoms with van der Waals surface area (Å²) in [5, 5.41) is 0.741. The highest BCUT2D eigenvalue weighted by Crippen LogP contribution is 2.36. The van der Waals surface area contributed by atoms with Gasteiger partial charge in [-0.05, 0) is 36.2 Å². The molecule has 0 radical (unpaired) electrons. The molecule has 4 heteroatoms. The lowest BCUT2D eigenvalue weighted by molar-refractivity contribution is 0.322. The molecule has 21 heavy (non-hydrogen) atoms. The molecule has 0 spiro atoms. The Balaban J connectivity index is 2.00. The summed E-state index contributed by atoms with van der Waals surface area (Å²) in [5.74, 6) is 0.926. The molecular weight excluding hydrogens is 284 g/mol. The summed E-state index contributed by atoms with van der Waals surface area (Å²) >= 11 is 6.13. The van der Waals surface area contributed by atoms with E-state index < -0.39 is 0 Å². The molecule has 2 aromatic carbocycles. The summed E-state index contributed by atoms with van der Waals surface area (Å²) in [6.45, 7) is 2.19. The summed E-state index contributed by atoms with van der Waals surface area (Å²) in [7, 11) is 0. The topological polar surface area (TPSA) is 38.5 Å². The van der Waals surface area contributed by atoms with Gasteiger partial charge < -0.3 is 15.4 Å². The second-order valence-electron chi connectivity index (χ2n) is 5.17. The minimum atomic E-state index is 0.103. The van der Waals surface area contributed by atoms with Crippen LogP contribution in [0.2, 0.25) is 5.02 Å². The van der Waals surface area contributed by atoms with Gasteiger partial charge in [0.1, 0.15) is 5.75 Å². The van der Waals surface area contributed by atoms with Crippen LogP contribution in [0.3, 0.4) is 0 Å². The highest BCUT2D eigenvalue weighted by molar-refractivity contribution is 6.30. The molecule has 1 heterocycles. The first-order valence-corrected chi connectivity index (χ1v) is 7.61. The van der Waals surface area contributed by atoms with Gasteiger partial charge in [-0.3, -0.25) is 0 Å². The van der Waals surface area contributed by atoms with Crippen LogP contribution in [0.15, 0.2) is 48.5 Å². The predicted molar refractivity (Wildman–Crippen MR) is 87.1 cm³/mol. The summed E-state index contributed by atoms with van der Waals surface area (Å²) in [4.78, 5) is 2.33. The first-order valence-electron chi connectivity index (χ1n) is 7.23. The van der Waals surface area contributed by atoms with E-state index in [1.165, 1.54) is 0 Å². The van der Waals surface area contributed by atoms with E-state index in [1.54, 1.807) is 0 Å². The maximum atomic E-state index is 6.13. The van der Waals surface area contributed by atoms with Crippen molar-refractivity contribution < 1.29 is 4.74 Å². The van der Waals surface area contributed by atoms with E-state index in [-0.39, 0.29) is 6.04 Å². The second-order valence-corrected chi connectivity index (χ2v) is 5.61. The summed E-state index contributed by atoms with van der Waals surface area (Å²) in [6.07, 6.45) is 0.978. The van der Waals surface area contributed by atoms with Gasteiger partial charge in [0.25, 0.3) is 0 Å². The molecule has 1 unspecified atom stereocenters. The zero-order valence-electron chi connectivity index (χ0n) is 11.8. The third-order valence-electron chi connectivity index (χ3n) is 3.81. The van der Waals surface area contributed by atoms with Crippen molar-refractivity contribution in [2.45, 2.75) is 12.5 Å². The number of rotatable bonds is 3. The van der Waals surface area contributed by atoms with Crippen molar-refractivity contribution in [2.24, 2.45) is 5.73 Å². The lowest BCUT2D eigenvalue weighted by Crippen LogP contribution is -2.34. The molecule has 0 aliphatic carbocycles. The summed E-state index contributed by atoms with van der Waals surface area (Å²) in [5.41, 5.74) is 8.31. The molecular formula is C17H19ClN2O. The Bertz CT molecular complexity index is 617. The quantitative estimate of drug-likeness (QED) is 0.941. The highest BCUT2D eigenvalue weighted by Gasteiger charge is 2.24. The zero-order chi connectivity index (χ0) is 14.7. The average Bonchev–Trinajstić information content (AvgIpc) is 2.71. The number of ether oxygens (including phenoxy) is 1. The van der Waals surface area contributed by atoms with Crippen LogP contribution in [0, 0.1) is 0 Å². The number of nitrogens with zero attached hydrogens (tertiary/aromatic N) is 1. The lowest BCUT2D eigenvalue weighted by Gasteiger charge is -2.32. The van der Waals surface area contributed by atoms with Crippen molar-refractivity contribution in [3.8, 4) is 5.75 Å². The van der Waals surface area contributed by atoms with Crippen LogP contribution >= 0.6 is 11.6 Å². The second kappa shape index (κ2) is 6.37. The smallest absolute Gasteiger partial charge is 0.142 e. The van der Waals surface area contributed by atoms with E-state index in [1.807, 2.05) is 36.4 Å². The van der Waals surface area contributed by atoms with Crippen molar-refractivity contribution in [1.29, 1.82) is 0 Å². The molecule has 0 amide bonds. The minimum absolute atomic E-state index is 0.103. The average molecular weight is 303 g/mol. The minimum Gasteiger partial charge on any atom is -0.491 e. The van der Waals surface area contributed by atoms with Gasteiger partial charge in [0.15, 0.2) is 0 Å². The number of fused-ring (bicyclic) bond motifs is 1. The Morgan fingerprint density at radius 2 is 2.05 bits per heavy atom. The Labute approximate surface area is 130 Å². The third-order valence-corrected chi connectivity index (χ3v) is 4.04. The van der Waals surface area contributed by atoms with Gasteiger partial charge >= 0.3 is 0 Å². The van der Waals surface area contributed by atoms with Gasteiger partial charge in [-0.15, -0.1) is 0 Å². The van der Waals surface area contributed by atoms with Crippen LogP contribution in [-0.4, -0.2) is 19.7 Å². The van der Waals surface area contributed by atoms with E-state index in [0.717, 1.165) is 41.6 Å². The van der Waals surface area contributed by atoms with Gasteiger partial charge in [-0.2, -0.15) is 0 Å². The monoisotopic (exact) mass is 302 g/mol. The van der Waals surface area contributed by atoms with E-state index in [9.17, 15) is 0 Å². The molecule has 3 rings (SSSR count). The van der Waals surface area contributed by atoms with Crippen LogP contribution in [0.1, 0.15) is 18.0 Å². The maximum Gasteiger partial charge on any atom is 0.142 e. The first kappa shape index (κ1) is 14.2. The molecule has 0 saturated heterocycles. The number of para-hydroxylation sites is 2. The largest absolute Gasteiger partial charge is 0.491 e. The number of benzene rings is 2. The fourth-order valence-corrected chi connectivity index (χ4v) is 3.03. The Morgan fingerprint density at radius 1 is 1.19 bits per heavy atom. The van der Waals surface area contributed by atoms with Crippen LogP contribution in [0.4, 0.5) is 5.69 Å². The number of hydrogen-bond donors (Lipinski definition) is 1. The predicted octanol–water partition coefficient (Wildman–Crippen LogP) is 3.63. The molecule has 1 aliphatic rings. The van der Waals surface area contributed by atoms with Crippen LogP contribution in [-0.2, 0) is 0 Å². The Hall–Kier alpha value is -1.71. The summed E-state index contributed by atoms with van der Waals surface area (Å²) < 4.78 is 5.82. The molecule has 1 aliphatic heterocycles. The molecule has 110 valence electrons. The SMILES string of the molecule is NCC(c1cccc(Cl)c1)N1CCCOc2ccccc21. The zero-order valence-corrected chi connectivity index (χ0v) is 12.6. The van der Waals surface area contributed by atoms with E-state index in [0.29, 0.717) is 6.54 Å². The molecule has 3 nitrogen and oxygen atoms in total. The summed E-state index contributed by atoms with van der Waals surface area (Å²) in [6, 6.07) is 16.2. The molecule has 2 aromatic rings. The lowest BCUT2D eigenvalue weighted by atomic mass is 10.0. The molecule has 0 aromatic heterocycles. The maximum absolute atomic E-state index is 6.13. The van der Waals surface area contributed by atoms with Crippen molar-refractivity contribution in [2.75, 3.05) is 24.6 Å². The fourth-order valence-electron chi connectivity index (χ4n) is 2.83. The van der Waals surface area contributed by atoms with Crippen LogP contribution < -0.4 is 15.4 Å². The van der Waals surface area contributed by atoms with Crippen LogP contribution in [0.5, 0.6) is 5.75 Å². The van der Waals surface area contributed by atoms with Gasteiger partial charge in [-0.1, -0.05) is 35.9 Å². The van der Waals surface area contributed by atoms with Crippen molar-refractivity contribution >= 4 is 17.3 Å². The first-order chi connectivity index (χ1) is 10.3. The normalized spacial score (nSPS) is 15.8. The Kier molecular flexibility index (Phi) is 4.32. The van der Waals surface area contributed by atoms with Crippen molar-refractivity contribution in [3.63, 3.8) is 0 Å². The van der Waals surface area contributed by atoms with Crippen LogP contribution in [0.25, 0.3) is 0 Å². The standard InChI is InChI=1S/C17H19ClN2O/c18-14-6-3-5-13(11-14)16(12-19)20-9-4-10-21-17-8-2-1-7-15(17)20/h1-3,5-8,11,16H,4,9-10,12,19H2. The number of nitrogens with two attached hydrogens (primary N) is 1. The van der Waals surface area contributed by atoms with Crippen molar-refractivity contribution in [3.05, 3.63) is 59.1 Å². The van der Waals surface area contributed by atoms with Gasteiger partial charge in [0, 0.05) is 18.1 Å². The van der Waals surface area contributed by atoms with E-state index in [2.05, 4.69) is 17.0 Å². The molecule has 0 saturated carbocycles. The Morgan fingerprint density at radius 3 is 2.86 bits per heavy atom. The number of halogens is 1. The molecule has 2 N–H and O–H groups in total. The van der Waals surface area contributed by atoms with Gasteiger partial charge in [-0.25, -0.2) is 0 Å². The molecule has 0 fully saturated rings. The highest BCUT2D eigenvalue weighted by atomic mass is 35.5. The van der Waals surface area contributed by atoms with Gasteiger partial charge in [0.2, 0.25) is 0 Å². The fraction of sp³-hybridized carbons (Fsp3) is 0.294. The number of hydrogen-bond acceptors (Lipinski definition) is 3.